The van der Waals surface area contributed by atoms with Gasteiger partial charge in [0.25, 0.3) is 0 Å². The minimum absolute atomic E-state index is 0.129. The van der Waals surface area contributed by atoms with E-state index >= 15 is 0 Å². The van der Waals surface area contributed by atoms with Gasteiger partial charge in [0.1, 0.15) is 17.1 Å². The summed E-state index contributed by atoms with van der Waals surface area (Å²) in [7, 11) is 4.62. The van der Waals surface area contributed by atoms with Gasteiger partial charge in [-0.15, -0.1) is 0 Å². The number of carbonyl (C=O) groups is 1. The molecule has 0 aliphatic rings. The number of rotatable bonds is 5. The maximum absolute atomic E-state index is 12.4. The number of nitrogens with zero attached hydrogens (tertiary/aromatic N) is 5. The fourth-order valence-electron chi connectivity index (χ4n) is 2.81. The van der Waals surface area contributed by atoms with E-state index in [0.29, 0.717) is 24.2 Å². The Bertz CT molecular complexity index is 1120. The lowest BCUT2D eigenvalue weighted by atomic mass is 10.1. The van der Waals surface area contributed by atoms with Crippen molar-refractivity contribution in [1.29, 1.82) is 0 Å². The first-order valence-corrected chi connectivity index (χ1v) is 9.00. The number of carbonyl (C=O) groups excluding carboxylic acids is 1. The van der Waals surface area contributed by atoms with Crippen LogP contribution in [0.2, 0.25) is 0 Å². The highest BCUT2D eigenvalue weighted by Crippen LogP contribution is 2.19. The maximum atomic E-state index is 12.4. The van der Waals surface area contributed by atoms with Crippen LogP contribution in [0.3, 0.4) is 0 Å². The van der Waals surface area contributed by atoms with Gasteiger partial charge in [-0.25, -0.2) is 19.6 Å². The van der Waals surface area contributed by atoms with Crippen molar-refractivity contribution in [2.45, 2.75) is 19.0 Å². The predicted molar refractivity (Wildman–Crippen MR) is 103 cm³/mol. The van der Waals surface area contributed by atoms with Crippen LogP contribution in [-0.2, 0) is 19.9 Å². The first-order chi connectivity index (χ1) is 14.1. The number of amides is 1. The number of imidazole rings is 1. The van der Waals surface area contributed by atoms with E-state index in [1.54, 1.807) is 12.1 Å². The fourth-order valence-corrected chi connectivity index (χ4v) is 2.81. The summed E-state index contributed by atoms with van der Waals surface area (Å²) in [6.07, 6.45) is -1.96. The number of aryl methyl sites for hydroxylation is 3. The van der Waals surface area contributed by atoms with Crippen LogP contribution < -0.4 is 10.4 Å². The van der Waals surface area contributed by atoms with Crippen LogP contribution in [0.4, 0.5) is 18.0 Å². The number of hydrogen-bond acceptors (Lipinski definition) is 5. The maximum Gasteiger partial charge on any atom is 0.422 e. The molecule has 0 fully saturated rings. The van der Waals surface area contributed by atoms with Crippen LogP contribution >= 0.6 is 0 Å². The summed E-state index contributed by atoms with van der Waals surface area (Å²) in [5, 5.41) is 0. The molecule has 3 aromatic rings. The highest BCUT2D eigenvalue weighted by atomic mass is 19.4. The van der Waals surface area contributed by atoms with E-state index in [-0.39, 0.29) is 11.4 Å². The molecular formula is C19H20F3N5O3. The average molecular weight is 423 g/mol. The second-order valence-electron chi connectivity index (χ2n) is 6.90. The predicted octanol–water partition coefficient (Wildman–Crippen LogP) is 2.39. The summed E-state index contributed by atoms with van der Waals surface area (Å²) >= 11 is 0. The molecule has 0 bridgehead atoms. The molecule has 2 heterocycles. The molecule has 11 heteroatoms. The van der Waals surface area contributed by atoms with Crippen molar-refractivity contribution in [3.63, 3.8) is 0 Å². The Balaban J connectivity index is 1.76. The van der Waals surface area contributed by atoms with Crippen molar-refractivity contribution in [3.05, 3.63) is 52.3 Å². The van der Waals surface area contributed by atoms with Crippen molar-refractivity contribution in [1.82, 2.24) is 24.0 Å². The number of fused-ring (bicyclic) bond motifs is 1. The molecule has 8 nitrogen and oxygen atoms in total. The molecule has 3 rings (SSSR count). The SMILES string of the molecule is CN(C)C(=O)n1c(=O)n(C)c2cnc(CCc3ccc(OCC(F)(F)F)cc3)nc21. The van der Waals surface area contributed by atoms with Crippen LogP contribution in [0.25, 0.3) is 11.2 Å². The fraction of sp³-hybridized carbons (Fsp3) is 0.368. The van der Waals surface area contributed by atoms with E-state index in [1.165, 1.54) is 48.9 Å². The Hall–Kier alpha value is -3.37. The first-order valence-electron chi connectivity index (χ1n) is 9.00. The minimum atomic E-state index is -4.39. The molecule has 1 amide bonds. The molecule has 2 aromatic heterocycles. The van der Waals surface area contributed by atoms with Gasteiger partial charge in [0.05, 0.1) is 6.20 Å². The van der Waals surface area contributed by atoms with E-state index in [9.17, 15) is 22.8 Å². The molecule has 0 saturated heterocycles. The molecule has 160 valence electrons. The van der Waals surface area contributed by atoms with Gasteiger partial charge in [-0.1, -0.05) is 12.1 Å². The van der Waals surface area contributed by atoms with Gasteiger partial charge < -0.3 is 9.64 Å². The van der Waals surface area contributed by atoms with Gasteiger partial charge in [0.15, 0.2) is 12.3 Å². The molecule has 0 atom stereocenters. The lowest BCUT2D eigenvalue weighted by molar-refractivity contribution is -0.153. The third-order valence-electron chi connectivity index (χ3n) is 4.39. The summed E-state index contributed by atoms with van der Waals surface area (Å²) in [6, 6.07) is 5.76. The van der Waals surface area contributed by atoms with Crippen LogP contribution in [0.1, 0.15) is 11.4 Å². The monoisotopic (exact) mass is 423 g/mol. The van der Waals surface area contributed by atoms with Gasteiger partial charge in [0, 0.05) is 27.6 Å². The highest BCUT2D eigenvalue weighted by Gasteiger charge is 2.28. The standard InChI is InChI=1S/C19H20F3N5O3/c1-25(2)17(28)27-16-14(26(3)18(27)29)10-23-15(24-16)9-6-12-4-7-13(8-5-12)30-11-19(20,21)22/h4-5,7-8,10H,6,9,11H2,1-3H3. The highest BCUT2D eigenvalue weighted by molar-refractivity contribution is 5.86. The first kappa shape index (κ1) is 21.3. The van der Waals surface area contributed by atoms with E-state index in [1.807, 2.05) is 0 Å². The summed E-state index contributed by atoms with van der Waals surface area (Å²) in [5.74, 6) is 0.565. The lowest BCUT2D eigenvalue weighted by Gasteiger charge is -2.10. The van der Waals surface area contributed by atoms with Crippen molar-refractivity contribution in [2.24, 2.45) is 7.05 Å². The van der Waals surface area contributed by atoms with Crippen molar-refractivity contribution in [3.8, 4) is 5.75 Å². The number of halogens is 3. The zero-order valence-electron chi connectivity index (χ0n) is 16.6. The zero-order valence-corrected chi connectivity index (χ0v) is 16.6. The number of aromatic nitrogens is 4. The normalized spacial score (nSPS) is 11.7. The van der Waals surface area contributed by atoms with Crippen LogP contribution in [0.15, 0.2) is 35.3 Å². The second kappa shape index (κ2) is 8.17. The van der Waals surface area contributed by atoms with E-state index in [0.717, 1.165) is 10.1 Å². The van der Waals surface area contributed by atoms with Gasteiger partial charge in [-0.05, 0) is 24.1 Å². The van der Waals surface area contributed by atoms with Crippen molar-refractivity contribution in [2.75, 3.05) is 20.7 Å². The molecule has 0 aliphatic heterocycles. The van der Waals surface area contributed by atoms with Crippen LogP contribution in [-0.4, -0.2) is 56.9 Å². The Morgan fingerprint density at radius 3 is 2.43 bits per heavy atom. The zero-order chi connectivity index (χ0) is 22.1. The number of ether oxygens (including phenoxy) is 1. The van der Waals surface area contributed by atoms with E-state index in [2.05, 4.69) is 14.7 Å². The van der Waals surface area contributed by atoms with Gasteiger partial charge in [-0.2, -0.15) is 17.7 Å². The van der Waals surface area contributed by atoms with E-state index < -0.39 is 24.5 Å². The van der Waals surface area contributed by atoms with Gasteiger partial charge in [0.2, 0.25) is 0 Å². The summed E-state index contributed by atoms with van der Waals surface area (Å²) < 4.78 is 43.6. The Kier molecular flexibility index (Phi) is 5.81. The molecule has 0 saturated carbocycles. The van der Waals surface area contributed by atoms with Gasteiger partial charge in [-0.3, -0.25) is 4.57 Å². The Labute approximate surface area is 169 Å². The van der Waals surface area contributed by atoms with Gasteiger partial charge >= 0.3 is 17.9 Å². The average Bonchev–Trinajstić information content (AvgIpc) is 2.94. The largest absolute Gasteiger partial charge is 0.484 e. The van der Waals surface area contributed by atoms with Crippen LogP contribution in [0.5, 0.6) is 5.75 Å². The third-order valence-corrected chi connectivity index (χ3v) is 4.39. The quantitative estimate of drug-likeness (QED) is 0.630. The smallest absolute Gasteiger partial charge is 0.422 e. The third kappa shape index (κ3) is 4.61. The second-order valence-corrected chi connectivity index (χ2v) is 6.90. The van der Waals surface area contributed by atoms with Crippen molar-refractivity contribution < 1.29 is 22.7 Å². The van der Waals surface area contributed by atoms with Crippen LogP contribution in [0, 0.1) is 0 Å². The topological polar surface area (TPSA) is 82.2 Å². The summed E-state index contributed by atoms with van der Waals surface area (Å²) in [5.41, 5.74) is 1.00. The summed E-state index contributed by atoms with van der Waals surface area (Å²) in [6.45, 7) is -1.34. The molecule has 0 aliphatic carbocycles. The summed E-state index contributed by atoms with van der Waals surface area (Å²) in [4.78, 5) is 34.7. The number of benzene rings is 1. The molecule has 0 N–H and O–H groups in total. The number of alkyl halides is 3. The molecule has 0 unspecified atom stereocenters. The minimum Gasteiger partial charge on any atom is -0.484 e. The molecule has 0 radical (unpaired) electrons. The lowest BCUT2D eigenvalue weighted by Crippen LogP contribution is -2.35. The Morgan fingerprint density at radius 1 is 1.17 bits per heavy atom. The van der Waals surface area contributed by atoms with Crippen molar-refractivity contribution >= 4 is 17.2 Å². The van der Waals surface area contributed by atoms with E-state index in [4.69, 9.17) is 0 Å². The molecule has 1 aromatic carbocycles. The number of hydrogen-bond donors (Lipinski definition) is 0. The Morgan fingerprint density at radius 2 is 1.83 bits per heavy atom. The molecule has 30 heavy (non-hydrogen) atoms. The molecular weight excluding hydrogens is 403 g/mol. The molecule has 0 spiro atoms.